The third kappa shape index (κ3) is 2.40. The lowest BCUT2D eigenvalue weighted by Gasteiger charge is -2.10. The van der Waals surface area contributed by atoms with Crippen LogP contribution in [0.25, 0.3) is 12.2 Å². The molecule has 0 unspecified atom stereocenters. The Balaban J connectivity index is 2.09. The topological polar surface area (TPSA) is 0 Å². The van der Waals surface area contributed by atoms with Crippen molar-refractivity contribution in [2.75, 3.05) is 0 Å². The Labute approximate surface area is 113 Å². The molecular formula is C15H9F3S. The van der Waals surface area contributed by atoms with Gasteiger partial charge < -0.3 is 0 Å². The summed E-state index contributed by atoms with van der Waals surface area (Å²) < 4.78 is 38.1. The van der Waals surface area contributed by atoms with Gasteiger partial charge in [0.05, 0.1) is 5.56 Å². The van der Waals surface area contributed by atoms with Gasteiger partial charge in [-0.3, -0.25) is 0 Å². The van der Waals surface area contributed by atoms with E-state index in [1.807, 2.05) is 30.3 Å². The Morgan fingerprint density at radius 2 is 1.47 bits per heavy atom. The first-order chi connectivity index (χ1) is 9.04. The fourth-order valence-corrected chi connectivity index (χ4v) is 2.98. The molecule has 0 aromatic heterocycles. The molecule has 0 bridgehead atoms. The van der Waals surface area contributed by atoms with Gasteiger partial charge in [-0.15, -0.1) is 0 Å². The van der Waals surface area contributed by atoms with Gasteiger partial charge in [0.2, 0.25) is 0 Å². The number of alkyl halides is 3. The molecule has 1 aliphatic heterocycles. The molecule has 19 heavy (non-hydrogen) atoms. The molecular weight excluding hydrogens is 269 g/mol. The molecule has 0 saturated carbocycles. The van der Waals surface area contributed by atoms with Crippen LogP contribution < -0.4 is 0 Å². The predicted octanol–water partition coefficient (Wildman–Crippen LogP) is 5.34. The van der Waals surface area contributed by atoms with Crippen LogP contribution in [0.3, 0.4) is 0 Å². The highest BCUT2D eigenvalue weighted by Gasteiger charge is 2.31. The summed E-state index contributed by atoms with van der Waals surface area (Å²) in [7, 11) is 0. The zero-order valence-electron chi connectivity index (χ0n) is 9.74. The summed E-state index contributed by atoms with van der Waals surface area (Å²) in [6.45, 7) is 0. The normalized spacial score (nSPS) is 13.6. The van der Waals surface area contributed by atoms with Gasteiger partial charge in [0.15, 0.2) is 0 Å². The van der Waals surface area contributed by atoms with Gasteiger partial charge in [-0.1, -0.05) is 42.1 Å². The number of hydrogen-bond donors (Lipinski definition) is 0. The number of benzene rings is 2. The summed E-state index contributed by atoms with van der Waals surface area (Å²) in [5.74, 6) is 0. The van der Waals surface area contributed by atoms with E-state index in [0.717, 1.165) is 21.4 Å². The van der Waals surface area contributed by atoms with Crippen LogP contribution in [0.5, 0.6) is 0 Å². The van der Waals surface area contributed by atoms with Crippen LogP contribution in [0, 0.1) is 0 Å². The van der Waals surface area contributed by atoms with Crippen molar-refractivity contribution in [2.24, 2.45) is 0 Å². The monoisotopic (exact) mass is 278 g/mol. The summed E-state index contributed by atoms with van der Waals surface area (Å²) in [4.78, 5) is 1.89. The van der Waals surface area contributed by atoms with E-state index < -0.39 is 11.7 Å². The van der Waals surface area contributed by atoms with Crippen LogP contribution in [0.2, 0.25) is 0 Å². The smallest absolute Gasteiger partial charge is 0.166 e. The first kappa shape index (κ1) is 12.4. The second kappa shape index (κ2) is 4.46. The first-order valence-corrected chi connectivity index (χ1v) is 6.52. The third-order valence-corrected chi connectivity index (χ3v) is 4.10. The minimum atomic E-state index is -4.30. The van der Waals surface area contributed by atoms with Crippen LogP contribution in [0.1, 0.15) is 16.7 Å². The van der Waals surface area contributed by atoms with Crippen molar-refractivity contribution in [3.8, 4) is 0 Å². The zero-order chi connectivity index (χ0) is 13.5. The summed E-state index contributed by atoms with van der Waals surface area (Å²) in [6.07, 6.45) is -0.704. The number of hydrogen-bond acceptors (Lipinski definition) is 1. The Morgan fingerprint density at radius 3 is 2.26 bits per heavy atom. The average molecular weight is 278 g/mol. The van der Waals surface area contributed by atoms with Crippen LogP contribution in [0.15, 0.2) is 52.3 Å². The molecule has 0 N–H and O–H groups in total. The van der Waals surface area contributed by atoms with Gasteiger partial charge in [0.1, 0.15) is 0 Å². The highest BCUT2D eigenvalue weighted by atomic mass is 32.2. The maximum atomic E-state index is 12.7. The van der Waals surface area contributed by atoms with Crippen LogP contribution >= 0.6 is 11.8 Å². The molecule has 0 aliphatic carbocycles. The number of fused-ring (bicyclic) bond motifs is 2. The average Bonchev–Trinajstić information content (AvgIpc) is 2.55. The molecule has 0 fully saturated rings. The van der Waals surface area contributed by atoms with Crippen molar-refractivity contribution in [2.45, 2.75) is 16.0 Å². The Morgan fingerprint density at radius 1 is 0.789 bits per heavy atom. The third-order valence-electron chi connectivity index (χ3n) is 2.92. The van der Waals surface area contributed by atoms with Gasteiger partial charge in [-0.25, -0.2) is 0 Å². The molecule has 0 saturated heterocycles. The quantitative estimate of drug-likeness (QED) is 0.535. The second-order valence-electron chi connectivity index (χ2n) is 4.22. The van der Waals surface area contributed by atoms with Gasteiger partial charge >= 0.3 is 6.18 Å². The van der Waals surface area contributed by atoms with Crippen LogP contribution in [-0.4, -0.2) is 0 Å². The fourth-order valence-electron chi connectivity index (χ4n) is 1.96. The molecule has 0 atom stereocenters. The van der Waals surface area contributed by atoms with Gasteiger partial charge in [0.25, 0.3) is 0 Å². The number of rotatable bonds is 0. The molecule has 0 spiro atoms. The molecule has 0 nitrogen and oxygen atoms in total. The van der Waals surface area contributed by atoms with E-state index in [1.54, 1.807) is 6.08 Å². The molecule has 3 rings (SSSR count). The van der Waals surface area contributed by atoms with Crippen LogP contribution in [0.4, 0.5) is 13.2 Å². The Kier molecular flexibility index (Phi) is 2.90. The Hall–Kier alpha value is -1.68. The standard InChI is InChI=1S/C15H9F3S/c16-15(17,18)12-7-8-14-11(9-12)6-5-10-3-1-2-4-13(10)19-14/h1-9H. The molecule has 2 aromatic carbocycles. The molecule has 1 heterocycles. The Bertz CT molecular complexity index is 657. The molecule has 0 amide bonds. The molecule has 0 radical (unpaired) electrons. The van der Waals surface area contributed by atoms with Crippen molar-refractivity contribution in [3.63, 3.8) is 0 Å². The highest BCUT2D eigenvalue weighted by Crippen LogP contribution is 2.39. The molecule has 96 valence electrons. The SMILES string of the molecule is FC(F)(F)c1ccc2c(c1)C=Cc1ccccc1S2. The summed E-state index contributed by atoms with van der Waals surface area (Å²) >= 11 is 1.49. The van der Waals surface area contributed by atoms with Crippen molar-refractivity contribution in [1.82, 2.24) is 0 Å². The lowest BCUT2D eigenvalue weighted by Crippen LogP contribution is -2.04. The van der Waals surface area contributed by atoms with Crippen molar-refractivity contribution in [3.05, 3.63) is 59.2 Å². The van der Waals surface area contributed by atoms with E-state index >= 15 is 0 Å². The highest BCUT2D eigenvalue weighted by molar-refractivity contribution is 7.99. The lowest BCUT2D eigenvalue weighted by atomic mass is 10.1. The van der Waals surface area contributed by atoms with Gasteiger partial charge in [-0.05, 0) is 35.4 Å². The first-order valence-electron chi connectivity index (χ1n) is 5.70. The van der Waals surface area contributed by atoms with E-state index in [4.69, 9.17) is 0 Å². The predicted molar refractivity (Wildman–Crippen MR) is 70.9 cm³/mol. The maximum Gasteiger partial charge on any atom is 0.416 e. The lowest BCUT2D eigenvalue weighted by molar-refractivity contribution is -0.137. The van der Waals surface area contributed by atoms with E-state index in [-0.39, 0.29) is 0 Å². The van der Waals surface area contributed by atoms with Crippen molar-refractivity contribution < 1.29 is 13.2 Å². The summed E-state index contributed by atoms with van der Waals surface area (Å²) in [6, 6.07) is 11.6. The van der Waals surface area contributed by atoms with Crippen molar-refractivity contribution >= 4 is 23.9 Å². The summed E-state index contributed by atoms with van der Waals surface area (Å²) in [5, 5.41) is 0. The maximum absolute atomic E-state index is 12.7. The second-order valence-corrected chi connectivity index (χ2v) is 5.31. The summed E-state index contributed by atoms with van der Waals surface area (Å²) in [5.41, 5.74) is 1.02. The zero-order valence-corrected chi connectivity index (χ0v) is 10.6. The van der Waals surface area contributed by atoms with Crippen LogP contribution in [-0.2, 0) is 6.18 Å². The van der Waals surface area contributed by atoms with Gasteiger partial charge in [-0.2, -0.15) is 13.2 Å². The van der Waals surface area contributed by atoms with E-state index in [9.17, 15) is 13.2 Å². The molecule has 1 aliphatic rings. The van der Waals surface area contributed by atoms with E-state index in [1.165, 1.54) is 23.9 Å². The molecule has 2 aromatic rings. The van der Waals surface area contributed by atoms with E-state index in [0.29, 0.717) is 5.56 Å². The fraction of sp³-hybridized carbons (Fsp3) is 0.0667. The van der Waals surface area contributed by atoms with E-state index in [2.05, 4.69) is 0 Å². The minimum absolute atomic E-state index is 0.607. The number of halogens is 3. The molecule has 4 heteroatoms. The van der Waals surface area contributed by atoms with Gasteiger partial charge in [0, 0.05) is 9.79 Å². The minimum Gasteiger partial charge on any atom is -0.166 e. The van der Waals surface area contributed by atoms with Crippen molar-refractivity contribution in [1.29, 1.82) is 0 Å². The largest absolute Gasteiger partial charge is 0.416 e.